The van der Waals surface area contributed by atoms with Crippen LogP contribution in [0.3, 0.4) is 0 Å². The van der Waals surface area contributed by atoms with Gasteiger partial charge in [-0.2, -0.15) is 5.10 Å². The first-order chi connectivity index (χ1) is 15.4. The first-order valence-electron chi connectivity index (χ1n) is 9.09. The number of carbonyl (C=O) groups is 1. The average molecular weight is 457 g/mol. The Bertz CT molecular complexity index is 1150. The normalized spacial score (nSPS) is 10.7. The van der Waals surface area contributed by atoms with Crippen molar-refractivity contribution in [3.63, 3.8) is 0 Å². The first kappa shape index (κ1) is 22.5. The number of benzene rings is 2. The van der Waals surface area contributed by atoms with Crippen molar-refractivity contribution in [2.45, 2.75) is 6.61 Å². The minimum absolute atomic E-state index is 0.121. The van der Waals surface area contributed by atoms with Gasteiger partial charge in [0.25, 0.3) is 5.69 Å². The minimum atomic E-state index is -1.00. The Balaban J connectivity index is 1.67. The van der Waals surface area contributed by atoms with E-state index in [9.17, 15) is 14.9 Å². The van der Waals surface area contributed by atoms with Gasteiger partial charge in [-0.3, -0.25) is 15.5 Å². The number of ether oxygens (including phenoxy) is 2. The molecule has 1 aromatic heterocycles. The Morgan fingerprint density at radius 3 is 2.62 bits per heavy atom. The van der Waals surface area contributed by atoms with Crippen LogP contribution in [0, 0.1) is 10.1 Å². The third-order valence-electron chi connectivity index (χ3n) is 4.19. The third-order valence-corrected chi connectivity index (χ3v) is 4.47. The molecular formula is C21H17ClN4O6. The Hall–Kier alpha value is -4.18. The lowest BCUT2D eigenvalue weighted by molar-refractivity contribution is -0.385. The molecule has 0 unspecified atom stereocenters. The monoisotopic (exact) mass is 456 g/mol. The highest BCUT2D eigenvalue weighted by molar-refractivity contribution is 6.32. The number of hydrazone groups is 1. The number of methoxy groups -OCH3 is 1. The summed E-state index contributed by atoms with van der Waals surface area (Å²) in [5, 5.41) is 24.0. The average Bonchev–Trinajstić information content (AvgIpc) is 2.78. The van der Waals surface area contributed by atoms with E-state index in [2.05, 4.69) is 15.5 Å². The van der Waals surface area contributed by atoms with Gasteiger partial charge in [0.2, 0.25) is 0 Å². The molecule has 0 radical (unpaired) electrons. The van der Waals surface area contributed by atoms with Gasteiger partial charge in [-0.1, -0.05) is 23.7 Å². The smallest absolute Gasteiger partial charge is 0.335 e. The Labute approximate surface area is 187 Å². The second-order valence-corrected chi connectivity index (χ2v) is 6.76. The fourth-order valence-electron chi connectivity index (χ4n) is 2.59. The maximum atomic E-state index is 10.9. The number of hydrogen-bond acceptors (Lipinski definition) is 8. The molecule has 0 aliphatic rings. The topological polar surface area (TPSA) is 136 Å². The Kier molecular flexibility index (Phi) is 7.19. The summed E-state index contributed by atoms with van der Waals surface area (Å²) < 4.78 is 11.1. The molecule has 11 heteroatoms. The molecule has 1 heterocycles. The van der Waals surface area contributed by atoms with Crippen molar-refractivity contribution in [3.8, 4) is 11.5 Å². The maximum absolute atomic E-state index is 10.9. The summed E-state index contributed by atoms with van der Waals surface area (Å²) in [6.45, 7) is 0.163. The molecule has 0 saturated heterocycles. The third kappa shape index (κ3) is 5.70. The molecule has 32 heavy (non-hydrogen) atoms. The molecule has 0 atom stereocenters. The second kappa shape index (κ2) is 10.2. The van der Waals surface area contributed by atoms with Crippen molar-refractivity contribution in [1.29, 1.82) is 0 Å². The number of carboxylic acid groups (broad SMARTS) is 1. The zero-order chi connectivity index (χ0) is 23.1. The Morgan fingerprint density at radius 2 is 2.03 bits per heavy atom. The molecule has 10 nitrogen and oxygen atoms in total. The van der Waals surface area contributed by atoms with Crippen molar-refractivity contribution < 1.29 is 24.3 Å². The molecule has 0 spiro atoms. The predicted octanol–water partition coefficient (Wildman–Crippen LogP) is 4.38. The number of nitro groups is 1. The van der Waals surface area contributed by atoms with Gasteiger partial charge in [0.15, 0.2) is 11.5 Å². The highest BCUT2D eigenvalue weighted by Crippen LogP contribution is 2.36. The van der Waals surface area contributed by atoms with Crippen LogP contribution in [-0.4, -0.2) is 34.3 Å². The van der Waals surface area contributed by atoms with Crippen LogP contribution in [0.5, 0.6) is 11.5 Å². The van der Waals surface area contributed by atoms with Crippen molar-refractivity contribution >= 4 is 35.3 Å². The van der Waals surface area contributed by atoms with Gasteiger partial charge in [0.1, 0.15) is 18.6 Å². The molecule has 3 aromatic rings. The number of carboxylic acids is 1. The number of pyridine rings is 1. The zero-order valence-electron chi connectivity index (χ0n) is 16.7. The van der Waals surface area contributed by atoms with Gasteiger partial charge in [0, 0.05) is 6.07 Å². The summed E-state index contributed by atoms with van der Waals surface area (Å²) in [7, 11) is 1.47. The van der Waals surface area contributed by atoms with Crippen LogP contribution in [0.1, 0.15) is 21.5 Å². The summed E-state index contributed by atoms with van der Waals surface area (Å²) in [6, 6.07) is 12.3. The van der Waals surface area contributed by atoms with E-state index in [1.807, 2.05) is 0 Å². The van der Waals surface area contributed by atoms with E-state index in [-0.39, 0.29) is 17.9 Å². The Morgan fingerprint density at radius 1 is 1.28 bits per heavy atom. The van der Waals surface area contributed by atoms with E-state index in [4.69, 9.17) is 26.2 Å². The van der Waals surface area contributed by atoms with Crippen LogP contribution in [0.4, 0.5) is 11.5 Å². The van der Waals surface area contributed by atoms with Gasteiger partial charge >= 0.3 is 5.97 Å². The van der Waals surface area contributed by atoms with E-state index < -0.39 is 10.9 Å². The standard InChI is InChI=1S/C21H17ClN4O6/c1-31-18-9-14(10-24-25-19-7-6-16(11-23-19)26(29)30)8-17(22)20(18)32-12-13-2-4-15(5-3-13)21(27)28/h2-11H,12H2,1H3,(H,23,25)(H,27,28)/b24-10+. The van der Waals surface area contributed by atoms with Crippen molar-refractivity contribution in [3.05, 3.63) is 86.6 Å². The fraction of sp³-hybridized carbons (Fsp3) is 0.0952. The quantitative estimate of drug-likeness (QED) is 0.275. The van der Waals surface area contributed by atoms with Gasteiger partial charge in [-0.25, -0.2) is 9.78 Å². The number of nitrogens with one attached hydrogen (secondary N) is 1. The van der Waals surface area contributed by atoms with Gasteiger partial charge in [0.05, 0.1) is 28.8 Å². The largest absolute Gasteiger partial charge is 0.493 e. The lowest BCUT2D eigenvalue weighted by atomic mass is 10.1. The van der Waals surface area contributed by atoms with Crippen LogP contribution in [-0.2, 0) is 6.61 Å². The van der Waals surface area contributed by atoms with Crippen LogP contribution in [0.15, 0.2) is 59.8 Å². The van der Waals surface area contributed by atoms with E-state index in [0.29, 0.717) is 27.9 Å². The van der Waals surface area contributed by atoms with Crippen molar-refractivity contribution in [2.75, 3.05) is 12.5 Å². The molecular weight excluding hydrogens is 440 g/mol. The van der Waals surface area contributed by atoms with Crippen LogP contribution >= 0.6 is 11.6 Å². The lowest BCUT2D eigenvalue weighted by Crippen LogP contribution is -2.01. The highest BCUT2D eigenvalue weighted by Gasteiger charge is 2.12. The summed E-state index contributed by atoms with van der Waals surface area (Å²) in [4.78, 5) is 24.9. The maximum Gasteiger partial charge on any atom is 0.335 e. The van der Waals surface area contributed by atoms with Crippen LogP contribution in [0.2, 0.25) is 5.02 Å². The summed E-state index contributed by atoms with van der Waals surface area (Å²) in [6.07, 6.45) is 2.60. The fourth-order valence-corrected chi connectivity index (χ4v) is 2.86. The van der Waals surface area contributed by atoms with Crippen LogP contribution < -0.4 is 14.9 Å². The first-order valence-corrected chi connectivity index (χ1v) is 9.47. The number of halogens is 1. The number of rotatable bonds is 9. The molecule has 0 aliphatic carbocycles. The van der Waals surface area contributed by atoms with E-state index in [0.717, 1.165) is 11.8 Å². The molecule has 164 valence electrons. The van der Waals surface area contributed by atoms with Gasteiger partial charge in [-0.15, -0.1) is 0 Å². The number of aromatic nitrogens is 1. The number of nitrogens with zero attached hydrogens (tertiary/aromatic N) is 3. The second-order valence-electron chi connectivity index (χ2n) is 6.35. The SMILES string of the molecule is COc1cc(/C=N/Nc2ccc([N+](=O)[O-])cn2)cc(Cl)c1OCc1ccc(C(=O)O)cc1. The zero-order valence-corrected chi connectivity index (χ0v) is 17.4. The minimum Gasteiger partial charge on any atom is -0.493 e. The predicted molar refractivity (Wildman–Crippen MR) is 118 cm³/mol. The molecule has 0 fully saturated rings. The summed E-state index contributed by atoms with van der Waals surface area (Å²) in [5.41, 5.74) is 4.11. The number of aromatic carboxylic acids is 1. The molecule has 2 aromatic carbocycles. The van der Waals surface area contributed by atoms with Crippen molar-refractivity contribution in [2.24, 2.45) is 5.10 Å². The van der Waals surface area contributed by atoms with Gasteiger partial charge in [-0.05, 0) is 41.5 Å². The number of anilines is 1. The lowest BCUT2D eigenvalue weighted by Gasteiger charge is -2.13. The molecule has 0 aliphatic heterocycles. The molecule has 2 N–H and O–H groups in total. The van der Waals surface area contributed by atoms with E-state index in [1.54, 1.807) is 24.3 Å². The molecule has 0 bridgehead atoms. The molecule has 0 amide bonds. The number of hydrogen-bond donors (Lipinski definition) is 2. The van der Waals surface area contributed by atoms with Gasteiger partial charge < -0.3 is 14.6 Å². The highest BCUT2D eigenvalue weighted by atomic mass is 35.5. The van der Waals surface area contributed by atoms with Crippen molar-refractivity contribution in [1.82, 2.24) is 4.98 Å². The summed E-state index contributed by atoms with van der Waals surface area (Å²) in [5.74, 6) is 0.0465. The molecule has 3 rings (SSSR count). The summed E-state index contributed by atoms with van der Waals surface area (Å²) >= 11 is 6.35. The van der Waals surface area contributed by atoms with Crippen LogP contribution in [0.25, 0.3) is 0 Å². The van der Waals surface area contributed by atoms with E-state index >= 15 is 0 Å². The molecule has 0 saturated carbocycles. The van der Waals surface area contributed by atoms with E-state index in [1.165, 1.54) is 37.6 Å².